The van der Waals surface area contributed by atoms with Crippen molar-refractivity contribution >= 4 is 11.7 Å². The summed E-state index contributed by atoms with van der Waals surface area (Å²) in [5.74, 6) is -0.285. The van der Waals surface area contributed by atoms with Gasteiger partial charge >= 0.3 is 6.03 Å². The zero-order chi connectivity index (χ0) is 16.8. The molecule has 0 unspecified atom stereocenters. The molecule has 0 aromatic heterocycles. The molecular formula is C17H22FN3O2. The van der Waals surface area contributed by atoms with Crippen molar-refractivity contribution in [2.24, 2.45) is 5.16 Å². The van der Waals surface area contributed by atoms with Crippen LogP contribution in [0.15, 0.2) is 42.1 Å². The maximum absolute atomic E-state index is 13.0. The van der Waals surface area contributed by atoms with Crippen molar-refractivity contribution in [2.75, 3.05) is 13.1 Å². The summed E-state index contributed by atoms with van der Waals surface area (Å²) in [6.07, 6.45) is 2.04. The van der Waals surface area contributed by atoms with Crippen LogP contribution in [-0.2, 0) is 4.84 Å². The zero-order valence-corrected chi connectivity index (χ0v) is 13.5. The number of carbonyl (C=O) groups is 1. The maximum Gasteiger partial charge on any atom is 0.318 e. The van der Waals surface area contributed by atoms with E-state index in [-0.39, 0.29) is 24.0 Å². The molecule has 0 fully saturated rings. The Hall–Kier alpha value is -2.37. The summed E-state index contributed by atoms with van der Waals surface area (Å²) in [7, 11) is 0. The number of nitrogens with zero attached hydrogens (tertiary/aromatic N) is 2. The summed E-state index contributed by atoms with van der Waals surface area (Å²) >= 11 is 0. The fourth-order valence-corrected chi connectivity index (χ4v) is 2.32. The van der Waals surface area contributed by atoms with Gasteiger partial charge in [-0.3, -0.25) is 0 Å². The third-order valence-electron chi connectivity index (χ3n) is 3.38. The maximum atomic E-state index is 13.0. The van der Waals surface area contributed by atoms with E-state index in [2.05, 4.69) is 17.1 Å². The fourth-order valence-electron chi connectivity index (χ4n) is 2.32. The van der Waals surface area contributed by atoms with Crippen LogP contribution < -0.4 is 5.32 Å². The summed E-state index contributed by atoms with van der Waals surface area (Å²) < 4.78 is 13.0. The predicted molar refractivity (Wildman–Crippen MR) is 87.9 cm³/mol. The predicted octanol–water partition coefficient (Wildman–Crippen LogP) is 2.92. The molecule has 6 heteroatoms. The van der Waals surface area contributed by atoms with Crippen molar-refractivity contribution in [1.29, 1.82) is 0 Å². The molecule has 2 rings (SSSR count). The summed E-state index contributed by atoms with van der Waals surface area (Å²) in [4.78, 5) is 19.2. The second-order valence-corrected chi connectivity index (χ2v) is 5.77. The lowest BCUT2D eigenvalue weighted by atomic mass is 10.0. The minimum Gasteiger partial charge on any atom is -0.390 e. The first-order valence-corrected chi connectivity index (χ1v) is 7.64. The molecule has 1 atom stereocenters. The Bertz CT molecular complexity index is 584. The van der Waals surface area contributed by atoms with E-state index in [1.807, 2.05) is 13.8 Å². The monoisotopic (exact) mass is 319 g/mol. The average molecular weight is 319 g/mol. The van der Waals surface area contributed by atoms with Gasteiger partial charge < -0.3 is 15.1 Å². The van der Waals surface area contributed by atoms with E-state index in [4.69, 9.17) is 4.84 Å². The Balaban J connectivity index is 1.94. The second kappa shape index (κ2) is 7.76. The Morgan fingerprint density at radius 1 is 1.52 bits per heavy atom. The van der Waals surface area contributed by atoms with Crippen LogP contribution >= 0.6 is 0 Å². The van der Waals surface area contributed by atoms with Gasteiger partial charge in [0.2, 0.25) is 0 Å². The number of oxime groups is 1. The number of hydrogen-bond acceptors (Lipinski definition) is 3. The first-order valence-electron chi connectivity index (χ1n) is 7.64. The summed E-state index contributed by atoms with van der Waals surface area (Å²) in [5.41, 5.74) is 1.59. The van der Waals surface area contributed by atoms with Gasteiger partial charge in [0.15, 0.2) is 6.10 Å². The van der Waals surface area contributed by atoms with Crippen molar-refractivity contribution < 1.29 is 14.0 Å². The number of halogens is 1. The van der Waals surface area contributed by atoms with Crippen molar-refractivity contribution in [3.05, 3.63) is 48.3 Å². The zero-order valence-electron chi connectivity index (χ0n) is 13.5. The van der Waals surface area contributed by atoms with Gasteiger partial charge in [-0.15, -0.1) is 6.58 Å². The van der Waals surface area contributed by atoms with Crippen LogP contribution in [0.3, 0.4) is 0 Å². The molecule has 5 nitrogen and oxygen atoms in total. The number of rotatable bonds is 6. The normalized spacial score (nSPS) is 16.7. The standard InChI is InChI=1S/C17H22FN3O2/c1-4-9-21(17(22)19-12(2)3)11-15-10-16(20-23-15)13-5-7-14(18)8-6-13/h4-8,12,15H,1,9-11H2,2-3H3,(H,19,22)/t15-/m0/s1. The van der Waals surface area contributed by atoms with Crippen LogP contribution in [0, 0.1) is 5.82 Å². The van der Waals surface area contributed by atoms with Gasteiger partial charge in [0.1, 0.15) is 5.82 Å². The molecule has 1 aromatic carbocycles. The largest absolute Gasteiger partial charge is 0.390 e. The van der Waals surface area contributed by atoms with E-state index in [1.165, 1.54) is 12.1 Å². The first-order chi connectivity index (χ1) is 11.0. The molecule has 0 radical (unpaired) electrons. The van der Waals surface area contributed by atoms with Crippen LogP contribution in [0.25, 0.3) is 0 Å². The lowest BCUT2D eigenvalue weighted by Crippen LogP contribution is -2.46. The van der Waals surface area contributed by atoms with E-state index in [0.717, 1.165) is 11.3 Å². The Kier molecular flexibility index (Phi) is 5.73. The molecule has 1 heterocycles. The molecule has 0 bridgehead atoms. The van der Waals surface area contributed by atoms with E-state index in [1.54, 1.807) is 23.1 Å². The summed E-state index contributed by atoms with van der Waals surface area (Å²) in [5, 5.41) is 6.92. The Morgan fingerprint density at radius 3 is 2.83 bits per heavy atom. The third kappa shape index (κ3) is 4.81. The van der Waals surface area contributed by atoms with Crippen LogP contribution in [0.1, 0.15) is 25.8 Å². The van der Waals surface area contributed by atoms with Crippen LogP contribution in [0.5, 0.6) is 0 Å². The highest BCUT2D eigenvalue weighted by Crippen LogP contribution is 2.18. The van der Waals surface area contributed by atoms with Gasteiger partial charge in [-0.1, -0.05) is 23.4 Å². The van der Waals surface area contributed by atoms with Crippen molar-refractivity contribution in [3.63, 3.8) is 0 Å². The molecule has 0 saturated heterocycles. The molecule has 1 aliphatic rings. The quantitative estimate of drug-likeness (QED) is 0.820. The lowest BCUT2D eigenvalue weighted by molar-refractivity contribution is 0.0626. The Labute approximate surface area is 135 Å². The minimum absolute atomic E-state index is 0.0605. The highest BCUT2D eigenvalue weighted by atomic mass is 19.1. The minimum atomic E-state index is -0.285. The first kappa shape index (κ1) is 17.0. The smallest absolute Gasteiger partial charge is 0.318 e. The molecule has 0 spiro atoms. The number of hydrogen-bond donors (Lipinski definition) is 1. The van der Waals surface area contributed by atoms with E-state index >= 15 is 0 Å². The van der Waals surface area contributed by atoms with E-state index in [9.17, 15) is 9.18 Å². The van der Waals surface area contributed by atoms with Gasteiger partial charge in [-0.2, -0.15) is 0 Å². The number of amides is 2. The van der Waals surface area contributed by atoms with E-state index < -0.39 is 0 Å². The Morgan fingerprint density at radius 2 is 2.22 bits per heavy atom. The molecular weight excluding hydrogens is 297 g/mol. The molecule has 1 aliphatic heterocycles. The fraction of sp³-hybridized carbons (Fsp3) is 0.412. The highest BCUT2D eigenvalue weighted by molar-refractivity contribution is 6.01. The van der Waals surface area contributed by atoms with Gasteiger partial charge in [0, 0.05) is 19.0 Å². The molecule has 124 valence electrons. The molecule has 23 heavy (non-hydrogen) atoms. The van der Waals surface area contributed by atoms with Gasteiger partial charge in [-0.05, 0) is 31.5 Å². The summed E-state index contributed by atoms with van der Waals surface area (Å²) in [6.45, 7) is 8.35. The summed E-state index contributed by atoms with van der Waals surface area (Å²) in [6, 6.07) is 6.04. The molecule has 1 N–H and O–H groups in total. The van der Waals surface area contributed by atoms with E-state index in [0.29, 0.717) is 19.5 Å². The van der Waals surface area contributed by atoms with Gasteiger partial charge in [0.05, 0.1) is 12.3 Å². The number of urea groups is 1. The van der Waals surface area contributed by atoms with Crippen molar-refractivity contribution in [3.8, 4) is 0 Å². The van der Waals surface area contributed by atoms with Crippen LogP contribution in [-0.4, -0.2) is 41.9 Å². The average Bonchev–Trinajstić information content (AvgIpc) is 2.95. The SMILES string of the molecule is C=CCN(C[C@@H]1CC(c2ccc(F)cc2)=NO1)C(=O)NC(C)C. The van der Waals surface area contributed by atoms with Crippen molar-refractivity contribution in [2.45, 2.75) is 32.4 Å². The van der Waals surface area contributed by atoms with Crippen LogP contribution in [0.4, 0.5) is 9.18 Å². The molecule has 0 saturated carbocycles. The van der Waals surface area contributed by atoms with Crippen LogP contribution in [0.2, 0.25) is 0 Å². The van der Waals surface area contributed by atoms with Gasteiger partial charge in [0.25, 0.3) is 0 Å². The van der Waals surface area contributed by atoms with Crippen molar-refractivity contribution in [1.82, 2.24) is 10.2 Å². The topological polar surface area (TPSA) is 53.9 Å². The second-order valence-electron chi connectivity index (χ2n) is 5.77. The number of carbonyl (C=O) groups excluding carboxylic acids is 1. The molecule has 0 aliphatic carbocycles. The molecule has 1 aromatic rings. The van der Waals surface area contributed by atoms with Gasteiger partial charge in [-0.25, -0.2) is 9.18 Å². The molecule has 2 amide bonds. The lowest BCUT2D eigenvalue weighted by Gasteiger charge is -2.24. The highest BCUT2D eigenvalue weighted by Gasteiger charge is 2.26. The number of nitrogens with one attached hydrogen (secondary N) is 1. The third-order valence-corrected chi connectivity index (χ3v) is 3.38. The number of benzene rings is 1.